The number of guanidine groups is 4. The minimum Gasteiger partial charge on any atom is -0.444 e. The smallest absolute Gasteiger partial charge is 0.444 e. The molecule has 54 heteroatoms. The monoisotopic (exact) mass is 2860 g/mol. The number of oxime groups is 1. The summed E-state index contributed by atoms with van der Waals surface area (Å²) in [5, 5.41) is 112. The molecule has 1 unspecified atom stereocenters. The second-order valence-corrected chi connectivity index (χ2v) is 44.6. The van der Waals surface area contributed by atoms with Gasteiger partial charge in [0.1, 0.15) is 46.2 Å². The molecule has 1 heterocycles. The van der Waals surface area contributed by atoms with E-state index in [-0.39, 0.29) is 168 Å². The van der Waals surface area contributed by atoms with Gasteiger partial charge in [0.25, 0.3) is 29.3 Å². The van der Waals surface area contributed by atoms with Crippen LogP contribution >= 0.6 is 181 Å². The number of ether oxygens (including phenoxy) is 4. The number of hydrogen-bond acceptors (Lipinski definition) is 29. The van der Waals surface area contributed by atoms with Crippen molar-refractivity contribution in [1.82, 2.24) is 84.8 Å². The minimum atomic E-state index is -1.16. The largest absolute Gasteiger partial charge is 0.453 e. The third-order valence-corrected chi connectivity index (χ3v) is 25.8. The van der Waals surface area contributed by atoms with Crippen molar-refractivity contribution in [1.29, 1.82) is 21.6 Å². The summed E-state index contributed by atoms with van der Waals surface area (Å²) in [4.78, 5) is 166. The molecule has 0 saturated carbocycles. The topological polar surface area (TPSA) is 641 Å². The number of nitrogens with zero attached hydrogens (tertiary/aromatic N) is 5. The molecular formula is C87H120I8N28O18. The molecule has 0 aromatic heterocycles. The molecule has 0 fully saturated rings. The molecule has 0 spiro atoms. The Hall–Kier alpha value is -8.92. The first-order valence-electron chi connectivity index (χ1n) is 44.3. The zero-order valence-electron chi connectivity index (χ0n) is 79.7. The summed E-state index contributed by atoms with van der Waals surface area (Å²) in [6.07, 6.45) is 1.64. The number of fused-ring (bicyclic) bond motifs is 1. The third-order valence-electron chi connectivity index (χ3n) is 19.0. The number of nitro groups is 1. The van der Waals surface area contributed by atoms with E-state index in [1.807, 2.05) is 0 Å². The lowest BCUT2D eigenvalue weighted by Crippen LogP contribution is -2.48. The van der Waals surface area contributed by atoms with Crippen LogP contribution in [0.25, 0.3) is 0 Å². The number of carbonyl (C=O) groups excluding carboxylic acids is 11. The van der Waals surface area contributed by atoms with Crippen molar-refractivity contribution in [2.45, 2.75) is 187 Å². The lowest BCUT2D eigenvalue weighted by atomic mass is 10.00. The van der Waals surface area contributed by atoms with Crippen LogP contribution in [0.1, 0.15) is 182 Å². The van der Waals surface area contributed by atoms with Crippen LogP contribution in [0.4, 0.5) is 41.9 Å². The number of likely N-dealkylation sites (N-methyl/N-ethyl adjacent to an activating group) is 1. The molecule has 1 aliphatic carbocycles. The molecule has 0 saturated heterocycles. The van der Waals surface area contributed by atoms with Crippen LogP contribution in [0, 0.1) is 60.3 Å². The molecule has 141 heavy (non-hydrogen) atoms. The fourth-order valence-electron chi connectivity index (χ4n) is 12.7. The average molecular weight is 2860 g/mol. The van der Waals surface area contributed by atoms with Gasteiger partial charge in [-0.1, -0.05) is 10.3 Å². The Labute approximate surface area is 925 Å². The Morgan fingerprint density at radius 3 is 1.01 bits per heavy atom. The Bertz CT molecular complexity index is 5260. The first-order valence-corrected chi connectivity index (χ1v) is 53.0. The molecule has 6 rings (SSSR count). The summed E-state index contributed by atoms with van der Waals surface area (Å²) in [5.41, 5.74) is 1.33. The highest BCUT2D eigenvalue weighted by Gasteiger charge is 2.43. The summed E-state index contributed by atoms with van der Waals surface area (Å²) in [6, 6.07) is 9.05. The number of amides is 11. The lowest BCUT2D eigenvalue weighted by Gasteiger charge is -2.22. The molecule has 4 atom stereocenters. The van der Waals surface area contributed by atoms with Crippen molar-refractivity contribution in [3.63, 3.8) is 0 Å². The van der Waals surface area contributed by atoms with Crippen LogP contribution in [0.15, 0.2) is 87.5 Å². The van der Waals surface area contributed by atoms with Crippen molar-refractivity contribution in [2.75, 3.05) is 113 Å². The van der Waals surface area contributed by atoms with Gasteiger partial charge in [-0.3, -0.25) is 86.2 Å². The number of anilines is 4. The first kappa shape index (κ1) is 121. The second kappa shape index (κ2) is 58.9. The Balaban J connectivity index is 1.17. The molecule has 772 valence electrons. The molecular weight excluding hydrogens is 2740 g/mol. The fraction of sp³-hybridized carbons (Fsp3) is 0.494. The number of alkyl carbamates (subject to hydrolysis) is 3. The Morgan fingerprint density at radius 2 is 0.688 bits per heavy atom. The average Bonchev–Trinajstić information content (AvgIpc) is 1.64. The van der Waals surface area contributed by atoms with E-state index < -0.39 is 111 Å². The molecule has 11 amide bonds. The van der Waals surface area contributed by atoms with Crippen molar-refractivity contribution in [2.24, 2.45) is 15.4 Å². The summed E-state index contributed by atoms with van der Waals surface area (Å²) in [5.74, 6) is -4.85. The molecule has 4 aromatic rings. The lowest BCUT2D eigenvalue weighted by molar-refractivity contribution is -0.433. The van der Waals surface area contributed by atoms with E-state index >= 15 is 0 Å². The van der Waals surface area contributed by atoms with Crippen molar-refractivity contribution in [3.05, 3.63) is 133 Å². The van der Waals surface area contributed by atoms with Gasteiger partial charge in [-0.15, -0.1) is 10.2 Å². The van der Waals surface area contributed by atoms with E-state index in [1.165, 1.54) is 24.3 Å². The highest BCUT2D eigenvalue weighted by molar-refractivity contribution is 14.1. The fourth-order valence-corrected chi connectivity index (χ4v) is 21.3. The first-order chi connectivity index (χ1) is 66.1. The van der Waals surface area contributed by atoms with Gasteiger partial charge in [0, 0.05) is 149 Å². The maximum atomic E-state index is 14.7. The van der Waals surface area contributed by atoms with Gasteiger partial charge in [-0.2, -0.15) is 0 Å². The summed E-state index contributed by atoms with van der Waals surface area (Å²) < 4.78 is 26.2. The van der Waals surface area contributed by atoms with E-state index in [1.54, 1.807) is 132 Å². The van der Waals surface area contributed by atoms with E-state index in [0.29, 0.717) is 82.2 Å². The molecule has 1 aliphatic heterocycles. The van der Waals surface area contributed by atoms with E-state index in [9.17, 15) is 62.9 Å². The summed E-state index contributed by atoms with van der Waals surface area (Å²) in [6.45, 7) is 22.9. The SMILES string of the molecule is CN1ON=C2C(NCCNC(=O)[C@H](CCCCNC(=O)[C@H](CCCCNC(=O)[C@H](CCCCNC(=O)c3cc(I)c(NCCNC(=N)N=NC(=O)OC(C)(C)C)c(I)c3)NC(=O)c3cc(I)c(NCCNC(=N)NC(=O)OC(C)(C)C)c(I)c3)NC(=O)c3cc(I)c(NCCNC(=N)NC(=O)OC(C)(C)C)c(I)c3)NC(=O)c3cc(I)c(NCCNC(=N)NC(=O)OC(C)(C)C)c(I)c3)=CC=C([N+](=O)[O-])C21. The van der Waals surface area contributed by atoms with Crippen molar-refractivity contribution >= 4 is 299 Å². The third kappa shape index (κ3) is 44.7. The number of allylic oxidation sites excluding steroid dienone is 2. The van der Waals surface area contributed by atoms with Gasteiger partial charge in [0.05, 0.1) is 33.4 Å². The maximum Gasteiger partial charge on any atom is 0.453 e. The zero-order chi connectivity index (χ0) is 105. The molecule has 0 radical (unpaired) electrons. The van der Waals surface area contributed by atoms with Crippen LogP contribution in [-0.2, 0) is 38.3 Å². The van der Waals surface area contributed by atoms with Crippen molar-refractivity contribution in [3.8, 4) is 0 Å². The highest BCUT2D eigenvalue weighted by Crippen LogP contribution is 2.32. The van der Waals surface area contributed by atoms with Gasteiger partial charge in [0.2, 0.25) is 23.7 Å². The molecule has 4 aromatic carbocycles. The number of carbonyl (C=O) groups is 11. The predicted octanol–water partition coefficient (Wildman–Crippen LogP) is 11.5. The predicted molar refractivity (Wildman–Crippen MR) is 601 cm³/mol. The quantitative estimate of drug-likeness (QED) is 0.00285. The highest BCUT2D eigenvalue weighted by atomic mass is 127. The van der Waals surface area contributed by atoms with E-state index in [0.717, 1.165) is 12.8 Å². The summed E-state index contributed by atoms with van der Waals surface area (Å²) in [7, 11) is 1.51. The standard InChI is InChI=1S/C87H120I8N28O18/c1-84(2,3)137-80(131)116-76(96)109-34-29-101-64-52(90)40-47(41-53(64)91)70(125)113-59(20-14-17-25-105-69(124)46-38-50(88)63(51(89)39-46)104-32-37-112-79(99)119-120-83(134)140-87(10,11)12)73(128)106-26-18-15-21-60(114-71(126)48-42-54(92)65(55(93)43-48)102-30-35-110-77(97)117-81(132)138-85(4,5)6)74(129)107-27-19-16-22-61(75(130)108-33-28-100-58-23-24-62(123(135)136)68-67(58)121-141-122(68)13)115-72(127)49-44-56(94)66(57(95)45-49)103-31-36-111-78(98)118-82(133)139-86(7,8)9/h23-24,38-45,59-61,68,100-104H,14-22,25-37H2,1-13H3,(H2,99,112)(H,105,124)(H,106,128)(H,107,129)(H,108,130)(H,113,125)(H,114,126)(H,115,127)(H3,96,109,116,131)(H3,97,110,117,132)(H3,98,111,118,133)/t59-,60-,61-,68?/m0/s1. The maximum absolute atomic E-state index is 14.7. The molecule has 2 aliphatic rings. The number of hydroxylamine groups is 2. The van der Waals surface area contributed by atoms with Crippen LogP contribution in [0.3, 0.4) is 0 Å². The number of unbranched alkanes of at least 4 members (excludes halogenated alkanes) is 3. The van der Waals surface area contributed by atoms with Crippen LogP contribution in [-0.4, -0.2) is 244 Å². The van der Waals surface area contributed by atoms with Gasteiger partial charge >= 0.3 is 24.4 Å². The molecule has 46 nitrogen and oxygen atoms in total. The van der Waals surface area contributed by atoms with Crippen LogP contribution in [0.5, 0.6) is 0 Å². The second-order valence-electron chi connectivity index (χ2n) is 35.3. The van der Waals surface area contributed by atoms with Crippen LogP contribution < -0.4 is 101 Å². The van der Waals surface area contributed by atoms with Crippen molar-refractivity contribution < 1.29 is 81.5 Å². The Morgan fingerprint density at radius 1 is 0.397 bits per heavy atom. The number of rotatable bonds is 46. The number of azo groups is 1. The van der Waals surface area contributed by atoms with Crippen LogP contribution in [0.2, 0.25) is 0 Å². The number of nitrogens with one attached hydrogen (secondary N) is 23. The van der Waals surface area contributed by atoms with Gasteiger partial charge in [0.15, 0.2) is 23.9 Å². The van der Waals surface area contributed by atoms with E-state index in [2.05, 4.69) is 297 Å². The summed E-state index contributed by atoms with van der Waals surface area (Å²) >= 11 is 16.8. The van der Waals surface area contributed by atoms with Gasteiger partial charge in [-0.25, -0.2) is 19.2 Å². The Kier molecular flexibility index (Phi) is 50.4. The number of hydrogen-bond donors (Lipinski definition) is 23. The van der Waals surface area contributed by atoms with Gasteiger partial charge < -0.3 is 104 Å². The minimum absolute atomic E-state index is 0.0189. The number of benzene rings is 4. The molecule has 23 N–H and O–H groups in total. The van der Waals surface area contributed by atoms with E-state index in [4.69, 9.17) is 45.5 Å². The normalized spacial score (nSPS) is 13.5. The molecule has 0 bridgehead atoms. The number of halogens is 8. The van der Waals surface area contributed by atoms with Gasteiger partial charge in [-0.05, 0) is 376 Å². The zero-order valence-corrected chi connectivity index (χ0v) is 97.0.